The van der Waals surface area contributed by atoms with Gasteiger partial charge < -0.3 is 5.32 Å². The summed E-state index contributed by atoms with van der Waals surface area (Å²) in [6, 6.07) is 0.742. The van der Waals surface area contributed by atoms with Gasteiger partial charge in [-0.15, -0.1) is 0 Å². The van der Waals surface area contributed by atoms with Crippen molar-refractivity contribution in [1.82, 2.24) is 5.32 Å². The van der Waals surface area contributed by atoms with Crippen LogP contribution < -0.4 is 5.32 Å². The van der Waals surface area contributed by atoms with E-state index in [0.29, 0.717) is 31.3 Å². The number of alkyl halides is 3. The summed E-state index contributed by atoms with van der Waals surface area (Å²) in [5.74, 6) is -0.0867. The Bertz CT molecular complexity index is 244. The molecule has 5 heteroatoms. The molecule has 0 amide bonds. The van der Waals surface area contributed by atoms with E-state index < -0.39 is 12.1 Å². The minimum atomic E-state index is -4.00. The van der Waals surface area contributed by atoms with Gasteiger partial charge in [0.05, 0.1) is 5.92 Å². The lowest BCUT2D eigenvalue weighted by molar-refractivity contribution is -0.182. The SMILES string of the molecule is CC1CCSC2CC(C(F)(F)F)CCC2N1. The van der Waals surface area contributed by atoms with Crippen LogP contribution >= 0.6 is 11.8 Å². The Hall–Kier alpha value is 0.1000. The third kappa shape index (κ3) is 2.86. The van der Waals surface area contributed by atoms with Crippen molar-refractivity contribution in [3.63, 3.8) is 0 Å². The molecule has 2 fully saturated rings. The number of fused-ring (bicyclic) bond motifs is 1. The zero-order valence-electron chi connectivity index (χ0n) is 9.39. The van der Waals surface area contributed by atoms with E-state index in [1.165, 1.54) is 0 Å². The number of halogens is 3. The minimum absolute atomic E-state index is 0.158. The van der Waals surface area contributed by atoms with E-state index >= 15 is 0 Å². The summed E-state index contributed by atoms with van der Waals surface area (Å²) in [6.07, 6.45) is -1.66. The molecule has 1 saturated heterocycles. The Morgan fingerprint density at radius 1 is 1.19 bits per heavy atom. The van der Waals surface area contributed by atoms with Crippen LogP contribution in [0.5, 0.6) is 0 Å². The third-order valence-corrected chi connectivity index (χ3v) is 5.06. The molecule has 16 heavy (non-hydrogen) atoms. The largest absolute Gasteiger partial charge is 0.391 e. The van der Waals surface area contributed by atoms with Crippen LogP contribution in [-0.2, 0) is 0 Å². The van der Waals surface area contributed by atoms with Gasteiger partial charge in [0.25, 0.3) is 0 Å². The lowest BCUT2D eigenvalue weighted by Gasteiger charge is -2.36. The quantitative estimate of drug-likeness (QED) is 0.711. The maximum Gasteiger partial charge on any atom is 0.391 e. The molecule has 0 radical (unpaired) electrons. The van der Waals surface area contributed by atoms with Gasteiger partial charge in [-0.3, -0.25) is 0 Å². The van der Waals surface area contributed by atoms with Crippen LogP contribution in [0, 0.1) is 5.92 Å². The minimum Gasteiger partial charge on any atom is -0.310 e. The highest BCUT2D eigenvalue weighted by atomic mass is 32.2. The van der Waals surface area contributed by atoms with Gasteiger partial charge in [0.1, 0.15) is 0 Å². The summed E-state index contributed by atoms with van der Waals surface area (Å²) in [6.45, 7) is 2.12. The fourth-order valence-electron chi connectivity index (χ4n) is 2.65. The molecule has 0 aromatic carbocycles. The summed E-state index contributed by atoms with van der Waals surface area (Å²) < 4.78 is 37.9. The predicted molar refractivity (Wildman–Crippen MR) is 60.6 cm³/mol. The van der Waals surface area contributed by atoms with E-state index in [1.54, 1.807) is 11.8 Å². The van der Waals surface area contributed by atoms with Gasteiger partial charge in [0.2, 0.25) is 0 Å². The van der Waals surface area contributed by atoms with Crippen molar-refractivity contribution >= 4 is 11.8 Å². The summed E-state index contributed by atoms with van der Waals surface area (Å²) in [4.78, 5) is 0. The van der Waals surface area contributed by atoms with Crippen molar-refractivity contribution in [3.8, 4) is 0 Å². The van der Waals surface area contributed by atoms with Crippen molar-refractivity contribution in [3.05, 3.63) is 0 Å². The Morgan fingerprint density at radius 3 is 2.62 bits per heavy atom. The van der Waals surface area contributed by atoms with Gasteiger partial charge in [-0.1, -0.05) is 0 Å². The number of hydrogen-bond donors (Lipinski definition) is 1. The van der Waals surface area contributed by atoms with Crippen LogP contribution in [0.4, 0.5) is 13.2 Å². The lowest BCUT2D eigenvalue weighted by Crippen LogP contribution is -2.46. The normalized spacial score (nSPS) is 41.2. The first-order chi connectivity index (χ1) is 7.47. The smallest absolute Gasteiger partial charge is 0.310 e. The predicted octanol–water partition coefficient (Wildman–Crippen LogP) is 3.20. The van der Waals surface area contributed by atoms with Gasteiger partial charge in [-0.05, 0) is 38.4 Å². The van der Waals surface area contributed by atoms with Gasteiger partial charge >= 0.3 is 6.18 Å². The van der Waals surface area contributed by atoms with Gasteiger partial charge in [0.15, 0.2) is 0 Å². The van der Waals surface area contributed by atoms with Crippen LogP contribution in [0.3, 0.4) is 0 Å². The number of rotatable bonds is 0. The molecule has 1 aliphatic carbocycles. The van der Waals surface area contributed by atoms with Crippen molar-refractivity contribution in [2.75, 3.05) is 5.75 Å². The fourth-order valence-corrected chi connectivity index (χ4v) is 4.25. The van der Waals surface area contributed by atoms with Crippen LogP contribution in [0.2, 0.25) is 0 Å². The third-order valence-electron chi connectivity index (χ3n) is 3.64. The second-order valence-corrected chi connectivity index (χ2v) is 6.27. The highest BCUT2D eigenvalue weighted by Gasteiger charge is 2.45. The zero-order valence-corrected chi connectivity index (χ0v) is 10.2. The maximum absolute atomic E-state index is 12.6. The van der Waals surface area contributed by atoms with Crippen molar-refractivity contribution in [2.45, 2.75) is 56.1 Å². The van der Waals surface area contributed by atoms with Crippen LogP contribution in [-0.4, -0.2) is 29.3 Å². The van der Waals surface area contributed by atoms with E-state index in [1.807, 2.05) is 0 Å². The molecule has 0 aromatic rings. The Balaban J connectivity index is 1.99. The molecule has 1 nitrogen and oxygen atoms in total. The summed E-state index contributed by atoms with van der Waals surface area (Å²) in [7, 11) is 0. The first kappa shape index (κ1) is 12.6. The molecule has 2 aliphatic rings. The Morgan fingerprint density at radius 2 is 1.94 bits per heavy atom. The van der Waals surface area contributed by atoms with Crippen LogP contribution in [0.1, 0.15) is 32.6 Å². The van der Waals surface area contributed by atoms with E-state index in [9.17, 15) is 13.2 Å². The first-order valence-electron chi connectivity index (χ1n) is 5.91. The zero-order chi connectivity index (χ0) is 11.8. The molecule has 4 unspecified atom stereocenters. The molecule has 1 saturated carbocycles. The molecular weight excluding hydrogens is 235 g/mol. The Labute approximate surface area is 98.5 Å². The summed E-state index contributed by atoms with van der Waals surface area (Å²) >= 11 is 1.73. The van der Waals surface area contributed by atoms with E-state index in [2.05, 4.69) is 12.2 Å². The molecule has 1 heterocycles. The fraction of sp³-hybridized carbons (Fsp3) is 1.00. The standard InChI is InChI=1S/C11H18F3NS/c1-7-4-5-16-10-6-8(11(12,13)14)2-3-9(10)15-7/h7-10,15H,2-6H2,1H3. The topological polar surface area (TPSA) is 12.0 Å². The molecule has 1 aliphatic heterocycles. The van der Waals surface area contributed by atoms with Crippen LogP contribution in [0.25, 0.3) is 0 Å². The summed E-state index contributed by atoms with van der Waals surface area (Å²) in [5.41, 5.74) is 0. The van der Waals surface area contributed by atoms with Crippen molar-refractivity contribution in [1.29, 1.82) is 0 Å². The average molecular weight is 253 g/mol. The number of nitrogens with one attached hydrogen (secondary N) is 1. The number of thioether (sulfide) groups is 1. The van der Waals surface area contributed by atoms with Crippen molar-refractivity contribution < 1.29 is 13.2 Å². The van der Waals surface area contributed by atoms with E-state index in [-0.39, 0.29) is 5.25 Å². The highest BCUT2D eigenvalue weighted by molar-refractivity contribution is 7.99. The molecule has 4 atom stereocenters. The second-order valence-electron chi connectivity index (χ2n) is 4.92. The van der Waals surface area contributed by atoms with Crippen LogP contribution in [0.15, 0.2) is 0 Å². The summed E-state index contributed by atoms with van der Waals surface area (Å²) in [5, 5.41) is 3.62. The molecular formula is C11H18F3NS. The van der Waals surface area contributed by atoms with Crippen molar-refractivity contribution in [2.24, 2.45) is 5.92 Å². The van der Waals surface area contributed by atoms with E-state index in [4.69, 9.17) is 0 Å². The maximum atomic E-state index is 12.6. The molecule has 1 N–H and O–H groups in total. The molecule has 0 aromatic heterocycles. The second kappa shape index (κ2) is 4.77. The van der Waals surface area contributed by atoms with Gasteiger partial charge in [-0.2, -0.15) is 24.9 Å². The molecule has 0 spiro atoms. The average Bonchev–Trinajstić information content (AvgIpc) is 2.35. The lowest BCUT2D eigenvalue weighted by atomic mass is 9.85. The van der Waals surface area contributed by atoms with Gasteiger partial charge in [0, 0.05) is 17.3 Å². The molecule has 0 bridgehead atoms. The monoisotopic (exact) mass is 253 g/mol. The number of hydrogen-bond acceptors (Lipinski definition) is 2. The van der Waals surface area contributed by atoms with Gasteiger partial charge in [-0.25, -0.2) is 0 Å². The Kier molecular flexibility index (Phi) is 3.74. The molecule has 2 rings (SSSR count). The highest BCUT2D eigenvalue weighted by Crippen LogP contribution is 2.42. The first-order valence-corrected chi connectivity index (χ1v) is 6.96. The molecule has 94 valence electrons. The van der Waals surface area contributed by atoms with E-state index in [0.717, 1.165) is 12.2 Å².